The summed E-state index contributed by atoms with van der Waals surface area (Å²) in [5.41, 5.74) is 11.4. The molecule has 1 spiro atoms. The average Bonchev–Trinajstić information content (AvgIpc) is 3.29. The Morgan fingerprint density at radius 2 is 2.05 bits per heavy atom. The van der Waals surface area contributed by atoms with Crippen LogP contribution in [-0.2, 0) is 17.8 Å². The lowest BCUT2D eigenvalue weighted by Gasteiger charge is -2.45. The number of carbonyl (C=O) groups excluding carboxylic acids is 2. The number of primary amides is 1. The number of likely N-dealkylation sites (tertiary alicyclic amines) is 1. The zero-order valence-corrected chi connectivity index (χ0v) is 22.1. The van der Waals surface area contributed by atoms with Crippen molar-refractivity contribution in [1.29, 1.82) is 0 Å². The van der Waals surface area contributed by atoms with Crippen LogP contribution in [0.25, 0.3) is 11.3 Å². The highest BCUT2D eigenvalue weighted by molar-refractivity contribution is 6.00. The van der Waals surface area contributed by atoms with E-state index in [2.05, 4.69) is 41.2 Å². The maximum Gasteiger partial charge on any atom is 0.298 e. The summed E-state index contributed by atoms with van der Waals surface area (Å²) >= 11 is 0. The van der Waals surface area contributed by atoms with Crippen LogP contribution in [0.4, 0.5) is 0 Å². The van der Waals surface area contributed by atoms with E-state index in [-0.39, 0.29) is 17.4 Å². The largest absolute Gasteiger partial charge is 0.365 e. The molecule has 2 saturated carbocycles. The first-order chi connectivity index (χ1) is 18.4. The van der Waals surface area contributed by atoms with Crippen LogP contribution in [0.15, 0.2) is 36.7 Å². The first kappa shape index (κ1) is 24.5. The van der Waals surface area contributed by atoms with Crippen LogP contribution in [0.3, 0.4) is 0 Å². The number of carbonyl (C=O) groups is 2. The average molecular weight is 511 g/mol. The molecule has 8 nitrogen and oxygen atoms in total. The van der Waals surface area contributed by atoms with Gasteiger partial charge in [-0.15, -0.1) is 0 Å². The van der Waals surface area contributed by atoms with Gasteiger partial charge in [0.2, 0.25) is 0 Å². The van der Waals surface area contributed by atoms with Gasteiger partial charge in [0.25, 0.3) is 11.8 Å². The van der Waals surface area contributed by atoms with E-state index in [0.29, 0.717) is 30.1 Å². The van der Waals surface area contributed by atoms with Crippen LogP contribution >= 0.6 is 0 Å². The lowest BCUT2D eigenvalue weighted by atomic mass is 9.65. The van der Waals surface area contributed by atoms with Gasteiger partial charge in [-0.25, -0.2) is 0 Å². The Morgan fingerprint density at radius 1 is 1.24 bits per heavy atom. The Hall–Kier alpha value is -3.86. The van der Waals surface area contributed by atoms with Crippen molar-refractivity contribution in [2.24, 2.45) is 11.1 Å². The molecule has 2 N–H and O–H groups in total. The van der Waals surface area contributed by atoms with Crippen molar-refractivity contribution >= 4 is 11.8 Å². The SMILES string of the molecule is CC#CC(=O)N1CCC2(CC(n3nc(-c4cnn(Cc5cccc(C6CC6)c5)c4)c(C(N)=O)c3CC)C2)C1. The number of aromatic nitrogens is 4. The zero-order chi connectivity index (χ0) is 26.4. The molecule has 2 amide bonds. The molecule has 2 aliphatic carbocycles. The summed E-state index contributed by atoms with van der Waals surface area (Å²) in [6.45, 7) is 5.88. The van der Waals surface area contributed by atoms with Gasteiger partial charge in [0.15, 0.2) is 0 Å². The molecule has 3 aliphatic rings. The second-order valence-electron chi connectivity index (χ2n) is 11.2. The lowest BCUT2D eigenvalue weighted by Crippen LogP contribution is -2.42. The number of nitrogens with zero attached hydrogens (tertiary/aromatic N) is 5. The van der Waals surface area contributed by atoms with Crippen molar-refractivity contribution in [3.05, 3.63) is 59.0 Å². The summed E-state index contributed by atoms with van der Waals surface area (Å²) in [7, 11) is 0. The van der Waals surface area contributed by atoms with E-state index in [4.69, 9.17) is 10.8 Å². The normalized spacial score (nSPS) is 22.3. The molecule has 38 heavy (non-hydrogen) atoms. The lowest BCUT2D eigenvalue weighted by molar-refractivity contribution is -0.125. The molecule has 196 valence electrons. The van der Waals surface area contributed by atoms with Crippen LogP contribution in [0, 0.1) is 17.3 Å². The van der Waals surface area contributed by atoms with Crippen molar-refractivity contribution in [2.45, 2.75) is 70.9 Å². The van der Waals surface area contributed by atoms with Gasteiger partial charge in [-0.1, -0.05) is 37.1 Å². The molecule has 0 unspecified atom stereocenters. The third-order valence-electron chi connectivity index (χ3n) is 8.48. The van der Waals surface area contributed by atoms with Gasteiger partial charge in [0.1, 0.15) is 5.69 Å². The van der Waals surface area contributed by atoms with Crippen LogP contribution in [0.5, 0.6) is 0 Å². The van der Waals surface area contributed by atoms with Crippen LogP contribution in [0.2, 0.25) is 0 Å². The molecule has 3 fully saturated rings. The minimum Gasteiger partial charge on any atom is -0.365 e. The maximum absolute atomic E-state index is 12.6. The van der Waals surface area contributed by atoms with E-state index in [1.807, 2.05) is 27.4 Å². The Bertz CT molecular complexity index is 1460. The molecule has 2 aromatic heterocycles. The minimum atomic E-state index is -0.460. The van der Waals surface area contributed by atoms with Crippen molar-refractivity contribution in [1.82, 2.24) is 24.5 Å². The molecule has 3 aromatic rings. The van der Waals surface area contributed by atoms with Crippen LogP contribution in [0.1, 0.15) is 85.1 Å². The highest BCUT2D eigenvalue weighted by atomic mass is 16.2. The Labute approximate surface area is 223 Å². The second-order valence-corrected chi connectivity index (χ2v) is 11.2. The van der Waals surface area contributed by atoms with Gasteiger partial charge < -0.3 is 10.6 Å². The van der Waals surface area contributed by atoms with Crippen molar-refractivity contribution in [2.75, 3.05) is 13.1 Å². The van der Waals surface area contributed by atoms with Gasteiger partial charge in [-0.05, 0) is 73.8 Å². The number of hydrogen-bond donors (Lipinski definition) is 1. The predicted molar refractivity (Wildman–Crippen MR) is 144 cm³/mol. The topological polar surface area (TPSA) is 99.0 Å². The summed E-state index contributed by atoms with van der Waals surface area (Å²) in [5, 5.41) is 9.54. The fourth-order valence-corrected chi connectivity index (χ4v) is 6.43. The Kier molecular flexibility index (Phi) is 6.10. The molecular weight excluding hydrogens is 476 g/mol. The molecule has 6 rings (SSSR count). The molecule has 0 radical (unpaired) electrons. The smallest absolute Gasteiger partial charge is 0.298 e. The fraction of sp³-hybridized carbons (Fsp3) is 0.467. The Balaban J connectivity index is 1.23. The number of amides is 2. The van der Waals surface area contributed by atoms with Crippen molar-refractivity contribution < 1.29 is 9.59 Å². The summed E-state index contributed by atoms with van der Waals surface area (Å²) in [6.07, 6.45) is 9.79. The van der Waals surface area contributed by atoms with Crippen LogP contribution < -0.4 is 5.73 Å². The number of benzene rings is 1. The van der Waals surface area contributed by atoms with E-state index >= 15 is 0 Å². The van der Waals surface area contributed by atoms with E-state index < -0.39 is 5.91 Å². The summed E-state index contributed by atoms with van der Waals surface area (Å²) in [4.78, 5) is 26.7. The monoisotopic (exact) mass is 510 g/mol. The molecule has 8 heteroatoms. The molecule has 1 aliphatic heterocycles. The van der Waals surface area contributed by atoms with Crippen molar-refractivity contribution in [3.63, 3.8) is 0 Å². The molecular formula is C30H34N6O2. The highest BCUT2D eigenvalue weighted by Gasteiger charge is 2.51. The minimum absolute atomic E-state index is 0.0873. The third kappa shape index (κ3) is 4.40. The second kappa shape index (κ2) is 9.46. The number of hydrogen-bond acceptors (Lipinski definition) is 4. The molecule has 1 aromatic carbocycles. The molecule has 1 saturated heterocycles. The predicted octanol–water partition coefficient (Wildman–Crippen LogP) is 3.91. The first-order valence-corrected chi connectivity index (χ1v) is 13.6. The van der Waals surface area contributed by atoms with E-state index in [1.165, 1.54) is 24.0 Å². The van der Waals surface area contributed by atoms with Gasteiger partial charge >= 0.3 is 0 Å². The quantitative estimate of drug-likeness (QED) is 0.487. The summed E-state index contributed by atoms with van der Waals surface area (Å²) in [6, 6.07) is 8.92. The summed E-state index contributed by atoms with van der Waals surface area (Å²) < 4.78 is 3.92. The zero-order valence-electron chi connectivity index (χ0n) is 22.1. The van der Waals surface area contributed by atoms with Crippen molar-refractivity contribution in [3.8, 4) is 23.1 Å². The number of rotatable bonds is 7. The Morgan fingerprint density at radius 3 is 2.76 bits per heavy atom. The molecule has 0 atom stereocenters. The standard InChI is InChI=1S/C30H34N6O2/c1-3-6-26(37)34-12-11-30(19-34)14-24(15-30)36-25(4-2)27(29(31)38)28(33-36)23-16-32-35(18-23)17-20-7-5-8-22(13-20)21-9-10-21/h5,7-8,13,16,18,21,24H,4,9-12,14-15,17,19H2,1-2H3,(H2,31,38). The highest BCUT2D eigenvalue weighted by Crippen LogP contribution is 2.54. The fourth-order valence-electron chi connectivity index (χ4n) is 6.43. The molecule has 0 bridgehead atoms. The summed E-state index contributed by atoms with van der Waals surface area (Å²) in [5.74, 6) is 5.54. The third-order valence-corrected chi connectivity index (χ3v) is 8.48. The van der Waals surface area contributed by atoms with Gasteiger partial charge in [-0.2, -0.15) is 10.2 Å². The van der Waals surface area contributed by atoms with Crippen LogP contribution in [-0.4, -0.2) is 49.4 Å². The first-order valence-electron chi connectivity index (χ1n) is 13.6. The number of nitrogens with two attached hydrogens (primary N) is 1. The van der Waals surface area contributed by atoms with E-state index in [9.17, 15) is 9.59 Å². The van der Waals surface area contributed by atoms with E-state index in [0.717, 1.165) is 43.6 Å². The van der Waals surface area contributed by atoms with E-state index in [1.54, 1.807) is 13.1 Å². The van der Waals surface area contributed by atoms with Gasteiger partial charge in [-0.3, -0.25) is 19.0 Å². The van der Waals surface area contributed by atoms with Gasteiger partial charge in [0.05, 0.1) is 30.0 Å². The van der Waals surface area contributed by atoms with Gasteiger partial charge in [0, 0.05) is 24.8 Å². The molecule has 3 heterocycles. The maximum atomic E-state index is 12.6.